The van der Waals surface area contributed by atoms with Crippen molar-refractivity contribution in [2.45, 2.75) is 51.9 Å². The molecule has 0 bridgehead atoms. The average molecular weight is 261 g/mol. The van der Waals surface area contributed by atoms with Gasteiger partial charge in [0.25, 0.3) is 0 Å². The van der Waals surface area contributed by atoms with Crippen LogP contribution in [0.4, 0.5) is 0 Å². The van der Waals surface area contributed by atoms with E-state index < -0.39 is 0 Å². The number of nitrogens with one attached hydrogen (secondary N) is 1. The normalized spacial score (nSPS) is 17.5. The number of methoxy groups -OCH3 is 1. The summed E-state index contributed by atoms with van der Waals surface area (Å²) in [6, 6.07) is 4.70. The van der Waals surface area contributed by atoms with E-state index >= 15 is 0 Å². The Morgan fingerprint density at radius 1 is 1.16 bits per heavy atom. The summed E-state index contributed by atoms with van der Waals surface area (Å²) in [4.78, 5) is 0. The number of ether oxygens (including phenoxy) is 1. The van der Waals surface area contributed by atoms with E-state index in [0.717, 1.165) is 18.8 Å². The Hall–Kier alpha value is -1.02. The van der Waals surface area contributed by atoms with Crippen molar-refractivity contribution in [1.82, 2.24) is 5.32 Å². The second-order valence-electron chi connectivity index (χ2n) is 6.69. The van der Waals surface area contributed by atoms with Gasteiger partial charge in [0.15, 0.2) is 0 Å². The SMILES string of the molecule is COc1c(C)cc(C2CCNCC2)cc1C(C)(C)C. The Balaban J connectivity index is 2.43. The monoisotopic (exact) mass is 261 g/mol. The Morgan fingerprint density at radius 2 is 1.79 bits per heavy atom. The van der Waals surface area contributed by atoms with Gasteiger partial charge in [-0.05, 0) is 55.3 Å². The highest BCUT2D eigenvalue weighted by Crippen LogP contribution is 2.38. The van der Waals surface area contributed by atoms with Gasteiger partial charge in [0.05, 0.1) is 7.11 Å². The number of benzene rings is 1. The van der Waals surface area contributed by atoms with Crippen LogP contribution in [0.5, 0.6) is 5.75 Å². The number of hydrogen-bond acceptors (Lipinski definition) is 2. The van der Waals surface area contributed by atoms with Crippen LogP contribution in [0, 0.1) is 6.92 Å². The summed E-state index contributed by atoms with van der Waals surface area (Å²) in [6.45, 7) is 11.2. The van der Waals surface area contributed by atoms with E-state index in [2.05, 4.69) is 45.1 Å². The Morgan fingerprint density at radius 3 is 2.32 bits per heavy atom. The standard InChI is InChI=1S/C17H27NO/c1-12-10-14(13-6-8-18-9-7-13)11-15(16(12)19-5)17(2,3)4/h10-11,13,18H,6-9H2,1-5H3. The van der Waals surface area contributed by atoms with Crippen LogP contribution in [0.1, 0.15) is 56.2 Å². The van der Waals surface area contributed by atoms with E-state index in [4.69, 9.17) is 4.74 Å². The third kappa shape index (κ3) is 3.11. The van der Waals surface area contributed by atoms with Crippen molar-refractivity contribution < 1.29 is 4.74 Å². The van der Waals surface area contributed by atoms with Crippen LogP contribution >= 0.6 is 0 Å². The van der Waals surface area contributed by atoms with Gasteiger partial charge >= 0.3 is 0 Å². The zero-order valence-electron chi connectivity index (χ0n) is 13.0. The highest BCUT2D eigenvalue weighted by molar-refractivity contribution is 5.48. The summed E-state index contributed by atoms with van der Waals surface area (Å²) < 4.78 is 5.63. The quantitative estimate of drug-likeness (QED) is 0.875. The molecule has 1 saturated heterocycles. The molecular weight excluding hydrogens is 234 g/mol. The topological polar surface area (TPSA) is 21.3 Å². The van der Waals surface area contributed by atoms with E-state index in [9.17, 15) is 0 Å². The lowest BCUT2D eigenvalue weighted by Crippen LogP contribution is -2.27. The molecule has 0 atom stereocenters. The second kappa shape index (κ2) is 5.54. The molecule has 1 heterocycles. The summed E-state index contributed by atoms with van der Waals surface area (Å²) in [5, 5.41) is 3.44. The molecule has 1 aliphatic rings. The summed E-state index contributed by atoms with van der Waals surface area (Å²) in [5.74, 6) is 1.76. The zero-order chi connectivity index (χ0) is 14.0. The van der Waals surface area contributed by atoms with E-state index in [0.29, 0.717) is 5.92 Å². The molecule has 0 aliphatic carbocycles. The number of aryl methyl sites for hydroxylation is 1. The highest BCUT2D eigenvalue weighted by atomic mass is 16.5. The van der Waals surface area contributed by atoms with Crippen LogP contribution in [0.25, 0.3) is 0 Å². The van der Waals surface area contributed by atoms with E-state index in [-0.39, 0.29) is 5.41 Å². The van der Waals surface area contributed by atoms with Crippen molar-refractivity contribution in [1.29, 1.82) is 0 Å². The minimum absolute atomic E-state index is 0.124. The van der Waals surface area contributed by atoms with Crippen molar-refractivity contribution in [3.63, 3.8) is 0 Å². The predicted molar refractivity (Wildman–Crippen MR) is 81.3 cm³/mol. The molecule has 1 aromatic carbocycles. The van der Waals surface area contributed by atoms with Crippen molar-refractivity contribution in [2.24, 2.45) is 0 Å². The third-order valence-corrected chi connectivity index (χ3v) is 4.12. The molecule has 1 fully saturated rings. The van der Waals surface area contributed by atoms with Crippen LogP contribution in [0.2, 0.25) is 0 Å². The van der Waals surface area contributed by atoms with Crippen LogP contribution in [0.3, 0.4) is 0 Å². The van der Waals surface area contributed by atoms with E-state index in [1.54, 1.807) is 7.11 Å². The molecule has 0 radical (unpaired) electrons. The Kier molecular flexibility index (Phi) is 4.19. The largest absolute Gasteiger partial charge is 0.496 e. The Bertz CT molecular complexity index is 439. The Labute approximate surface area is 117 Å². The molecule has 106 valence electrons. The average Bonchev–Trinajstić information content (AvgIpc) is 2.37. The van der Waals surface area contributed by atoms with Crippen LogP contribution < -0.4 is 10.1 Å². The molecule has 2 nitrogen and oxygen atoms in total. The zero-order valence-corrected chi connectivity index (χ0v) is 13.0. The van der Waals surface area contributed by atoms with Gasteiger partial charge in [-0.1, -0.05) is 32.9 Å². The lowest BCUT2D eigenvalue weighted by molar-refractivity contribution is 0.393. The molecule has 0 unspecified atom stereocenters. The van der Waals surface area contributed by atoms with Gasteiger partial charge in [0, 0.05) is 5.56 Å². The van der Waals surface area contributed by atoms with Gasteiger partial charge in [0.2, 0.25) is 0 Å². The fraction of sp³-hybridized carbons (Fsp3) is 0.647. The number of rotatable bonds is 2. The van der Waals surface area contributed by atoms with Crippen molar-refractivity contribution >= 4 is 0 Å². The lowest BCUT2D eigenvalue weighted by Gasteiger charge is -2.28. The minimum Gasteiger partial charge on any atom is -0.496 e. The summed E-state index contributed by atoms with van der Waals surface area (Å²) in [6.07, 6.45) is 2.49. The number of piperidine rings is 1. The minimum atomic E-state index is 0.124. The second-order valence-corrected chi connectivity index (χ2v) is 6.69. The lowest BCUT2D eigenvalue weighted by atomic mass is 9.81. The number of hydrogen-bond donors (Lipinski definition) is 1. The van der Waals surface area contributed by atoms with Crippen molar-refractivity contribution in [3.8, 4) is 5.75 Å². The van der Waals surface area contributed by atoms with Crippen LogP contribution in [-0.4, -0.2) is 20.2 Å². The first-order valence-electron chi connectivity index (χ1n) is 7.33. The van der Waals surface area contributed by atoms with Crippen LogP contribution in [-0.2, 0) is 5.41 Å². The van der Waals surface area contributed by atoms with E-state index in [1.165, 1.54) is 29.5 Å². The molecule has 1 aliphatic heterocycles. The van der Waals surface area contributed by atoms with Crippen molar-refractivity contribution in [3.05, 3.63) is 28.8 Å². The third-order valence-electron chi connectivity index (χ3n) is 4.12. The summed E-state index contributed by atoms with van der Waals surface area (Å²) >= 11 is 0. The molecular formula is C17H27NO. The van der Waals surface area contributed by atoms with E-state index in [1.807, 2.05) is 0 Å². The maximum atomic E-state index is 5.63. The maximum absolute atomic E-state index is 5.63. The highest BCUT2D eigenvalue weighted by Gasteiger charge is 2.24. The first kappa shape index (κ1) is 14.4. The molecule has 0 aromatic heterocycles. The van der Waals surface area contributed by atoms with Gasteiger partial charge in [-0.2, -0.15) is 0 Å². The summed E-state index contributed by atoms with van der Waals surface area (Å²) in [7, 11) is 1.78. The van der Waals surface area contributed by atoms with Crippen LogP contribution in [0.15, 0.2) is 12.1 Å². The molecule has 0 saturated carbocycles. The van der Waals surface area contributed by atoms with Gasteiger partial charge in [0.1, 0.15) is 5.75 Å². The molecule has 0 spiro atoms. The maximum Gasteiger partial charge on any atom is 0.125 e. The van der Waals surface area contributed by atoms with Gasteiger partial charge in [-0.15, -0.1) is 0 Å². The molecule has 1 N–H and O–H groups in total. The fourth-order valence-corrected chi connectivity index (χ4v) is 3.02. The van der Waals surface area contributed by atoms with Gasteiger partial charge in [-0.25, -0.2) is 0 Å². The smallest absolute Gasteiger partial charge is 0.125 e. The molecule has 2 heteroatoms. The predicted octanol–water partition coefficient (Wildman–Crippen LogP) is 3.77. The molecule has 2 rings (SSSR count). The van der Waals surface area contributed by atoms with Crippen molar-refractivity contribution in [2.75, 3.05) is 20.2 Å². The molecule has 0 amide bonds. The van der Waals surface area contributed by atoms with Gasteiger partial charge < -0.3 is 10.1 Å². The first-order valence-corrected chi connectivity index (χ1v) is 7.33. The molecule has 19 heavy (non-hydrogen) atoms. The first-order chi connectivity index (χ1) is 8.93. The molecule has 1 aromatic rings. The van der Waals surface area contributed by atoms with Gasteiger partial charge in [-0.3, -0.25) is 0 Å². The summed E-state index contributed by atoms with van der Waals surface area (Å²) in [5.41, 5.74) is 4.22. The fourth-order valence-electron chi connectivity index (χ4n) is 3.02.